The standard InChI is InChI=1S/C11H14NO2.Al.2H/c1-6-10(8(3)13)5-11(9(4)14)7(2)12-6;;;/h5,12H,1-4H3;;;. The Morgan fingerprint density at radius 3 is 1.67 bits per heavy atom. The average Bonchev–Trinajstić information content (AvgIpc) is 1.99. The molecule has 0 aliphatic carbocycles. The first kappa shape index (κ1) is 12.2. The van der Waals surface area contributed by atoms with E-state index in [0.29, 0.717) is 0 Å². The summed E-state index contributed by atoms with van der Waals surface area (Å²) >= 11 is 0.792. The summed E-state index contributed by atoms with van der Waals surface area (Å²) in [4.78, 5) is 23.0. The smallest absolute Gasteiger partial charge is 0.231 e. The molecule has 0 atom stereocenters. The maximum atomic E-state index is 11.5. The molecular weight excluding hydrogens is 205 g/mol. The molecule has 0 amide bonds. The highest BCUT2D eigenvalue weighted by Gasteiger charge is 2.28. The van der Waals surface area contributed by atoms with Crippen LogP contribution in [0.2, 0.25) is 4.78 Å². The molecule has 1 rings (SSSR count). The fourth-order valence-electron chi connectivity index (χ4n) is 2.35. The Balaban J connectivity index is 3.22. The average molecular weight is 221 g/mol. The third-order valence-corrected chi connectivity index (χ3v) is 3.96. The molecule has 0 aromatic heterocycles. The van der Waals surface area contributed by atoms with Gasteiger partial charge in [0.25, 0.3) is 0 Å². The lowest BCUT2D eigenvalue weighted by Gasteiger charge is -2.27. The van der Waals surface area contributed by atoms with Crippen LogP contribution in [0.3, 0.4) is 0 Å². The minimum absolute atomic E-state index is 0.0428. The molecule has 80 valence electrons. The molecule has 3 nitrogen and oxygen atoms in total. The predicted molar refractivity (Wildman–Crippen MR) is 62.2 cm³/mol. The van der Waals surface area contributed by atoms with Crippen molar-refractivity contribution < 1.29 is 9.59 Å². The van der Waals surface area contributed by atoms with Crippen LogP contribution >= 0.6 is 0 Å². The van der Waals surface area contributed by atoms with Gasteiger partial charge in [0.2, 0.25) is 16.3 Å². The highest BCUT2D eigenvalue weighted by molar-refractivity contribution is 6.24. The van der Waals surface area contributed by atoms with Gasteiger partial charge in [0, 0.05) is 22.5 Å². The molecule has 0 bridgehead atoms. The lowest BCUT2D eigenvalue weighted by Crippen LogP contribution is -2.28. The van der Waals surface area contributed by atoms with Crippen molar-refractivity contribution in [3.8, 4) is 0 Å². The molecule has 0 fully saturated rings. The Labute approximate surface area is 98.0 Å². The van der Waals surface area contributed by atoms with Crippen molar-refractivity contribution in [3.05, 3.63) is 22.5 Å². The minimum atomic E-state index is 0.0428. The van der Waals surface area contributed by atoms with Crippen LogP contribution in [0.15, 0.2) is 22.5 Å². The number of dihydropyridines is 1. The second-order valence-corrected chi connectivity index (χ2v) is 5.19. The van der Waals surface area contributed by atoms with E-state index in [1.165, 1.54) is 0 Å². The van der Waals surface area contributed by atoms with Crippen LogP contribution in [0.4, 0.5) is 0 Å². The fraction of sp³-hybridized carbons (Fsp3) is 0.455. The lowest BCUT2D eigenvalue weighted by atomic mass is 9.92. The topological polar surface area (TPSA) is 46.2 Å². The van der Waals surface area contributed by atoms with Gasteiger partial charge in [-0.2, -0.15) is 0 Å². The maximum Gasteiger partial charge on any atom is 0.231 e. The van der Waals surface area contributed by atoms with E-state index in [2.05, 4.69) is 5.32 Å². The van der Waals surface area contributed by atoms with Gasteiger partial charge in [0.1, 0.15) is 0 Å². The molecule has 0 radical (unpaired) electrons. The van der Waals surface area contributed by atoms with Crippen molar-refractivity contribution in [2.75, 3.05) is 0 Å². The van der Waals surface area contributed by atoms with Gasteiger partial charge in [0.05, 0.1) is 0 Å². The number of carbonyl (C=O) groups excluding carboxylic acids is 2. The zero-order valence-corrected chi connectivity index (χ0v) is 11.9. The fourth-order valence-corrected chi connectivity index (χ4v) is 4.03. The van der Waals surface area contributed by atoms with Gasteiger partial charge >= 0.3 is 0 Å². The quantitative estimate of drug-likeness (QED) is 0.699. The molecule has 1 aliphatic heterocycles. The third-order valence-electron chi connectivity index (χ3n) is 2.81. The summed E-state index contributed by atoms with van der Waals surface area (Å²) in [6, 6.07) is 0. The molecule has 1 aliphatic rings. The summed E-state index contributed by atoms with van der Waals surface area (Å²) in [6.45, 7) is 6.90. The van der Waals surface area contributed by atoms with E-state index in [1.807, 2.05) is 13.8 Å². The number of hydrogen-bond acceptors (Lipinski definition) is 3. The molecule has 1 heterocycles. The number of rotatable bonds is 2. The summed E-state index contributed by atoms with van der Waals surface area (Å²) in [5, 5.41) is 3.11. The highest BCUT2D eigenvalue weighted by atomic mass is 27.0. The third kappa shape index (κ3) is 2.22. The number of Topliss-reactive ketones (excluding diaryl/α,β-unsaturated/α-hetero) is 2. The lowest BCUT2D eigenvalue weighted by molar-refractivity contribution is -0.114. The first-order valence-electron chi connectivity index (χ1n) is 5.06. The molecule has 0 unspecified atom stereocenters. The number of hydrogen-bond donors (Lipinski definition) is 1. The van der Waals surface area contributed by atoms with Crippen molar-refractivity contribution >= 4 is 27.9 Å². The highest BCUT2D eigenvalue weighted by Crippen LogP contribution is 2.32. The van der Waals surface area contributed by atoms with Crippen LogP contribution in [-0.2, 0) is 9.59 Å². The molecule has 0 saturated heterocycles. The molecule has 0 saturated carbocycles. The van der Waals surface area contributed by atoms with Gasteiger partial charge in [-0.3, -0.25) is 9.59 Å². The largest absolute Gasteiger partial charge is 0.362 e. The van der Waals surface area contributed by atoms with E-state index in [-0.39, 0.29) is 16.3 Å². The van der Waals surface area contributed by atoms with E-state index >= 15 is 0 Å². The van der Waals surface area contributed by atoms with Crippen LogP contribution in [0, 0.1) is 0 Å². The number of carbonyl (C=O) groups is 2. The Hall–Kier alpha value is -0.848. The number of allylic oxidation sites excluding steroid dienone is 4. The van der Waals surface area contributed by atoms with Crippen LogP contribution in [0.1, 0.15) is 27.7 Å². The van der Waals surface area contributed by atoms with Crippen molar-refractivity contribution in [1.29, 1.82) is 0 Å². The minimum Gasteiger partial charge on any atom is -0.362 e. The van der Waals surface area contributed by atoms with Crippen LogP contribution < -0.4 is 5.32 Å². The molecule has 0 aromatic rings. The molecule has 1 N–H and O–H groups in total. The zero-order valence-electron chi connectivity index (χ0n) is 9.89. The molecule has 0 spiro atoms. The summed E-state index contributed by atoms with van der Waals surface area (Å²) in [5.74, 6) is 0.123. The Bertz CT molecular complexity index is 357. The molecule has 0 aromatic carbocycles. The van der Waals surface area contributed by atoms with Crippen molar-refractivity contribution in [1.82, 2.24) is 5.32 Å². The normalized spacial score (nSPS) is 17.9. The summed E-state index contributed by atoms with van der Waals surface area (Å²) in [7, 11) is 0. The monoisotopic (exact) mass is 221 g/mol. The maximum absolute atomic E-state index is 11.5. The van der Waals surface area contributed by atoms with Gasteiger partial charge in [-0.05, 0) is 32.5 Å². The Kier molecular flexibility index (Phi) is 3.54. The van der Waals surface area contributed by atoms with Gasteiger partial charge < -0.3 is 5.32 Å². The molecule has 15 heavy (non-hydrogen) atoms. The van der Waals surface area contributed by atoms with Crippen LogP contribution in [0.25, 0.3) is 0 Å². The van der Waals surface area contributed by atoms with Crippen LogP contribution in [-0.4, -0.2) is 27.9 Å². The van der Waals surface area contributed by atoms with E-state index in [9.17, 15) is 9.59 Å². The van der Waals surface area contributed by atoms with Crippen LogP contribution in [0.5, 0.6) is 0 Å². The van der Waals surface area contributed by atoms with Crippen molar-refractivity contribution in [3.63, 3.8) is 0 Å². The second-order valence-electron chi connectivity index (χ2n) is 4.04. The summed E-state index contributed by atoms with van der Waals surface area (Å²) in [5.41, 5.74) is 3.34. The second kappa shape index (κ2) is 4.34. The van der Waals surface area contributed by atoms with Gasteiger partial charge in [-0.15, -0.1) is 0 Å². The zero-order chi connectivity index (χ0) is 11.7. The van der Waals surface area contributed by atoms with E-state index in [1.54, 1.807) is 13.8 Å². The Morgan fingerprint density at radius 2 is 1.40 bits per heavy atom. The predicted octanol–water partition coefficient (Wildman–Crippen LogP) is 0.737. The molecule has 4 heteroatoms. The number of ketones is 2. The number of nitrogens with one attached hydrogen (secondary N) is 1. The van der Waals surface area contributed by atoms with Crippen molar-refractivity contribution in [2.45, 2.75) is 32.5 Å². The van der Waals surface area contributed by atoms with Gasteiger partial charge in [-0.1, -0.05) is 0 Å². The van der Waals surface area contributed by atoms with Crippen molar-refractivity contribution in [2.24, 2.45) is 0 Å². The van der Waals surface area contributed by atoms with Gasteiger partial charge in [-0.25, -0.2) is 0 Å². The first-order chi connectivity index (χ1) is 6.86. The summed E-state index contributed by atoms with van der Waals surface area (Å²) in [6.07, 6.45) is 0. The van der Waals surface area contributed by atoms with E-state index in [4.69, 9.17) is 0 Å². The Morgan fingerprint density at radius 1 is 1.07 bits per heavy atom. The molecular formula is C11H16AlNO2. The summed E-state index contributed by atoms with van der Waals surface area (Å²) < 4.78 is 0.0428. The van der Waals surface area contributed by atoms with Gasteiger partial charge in [0.15, 0.2) is 11.6 Å². The van der Waals surface area contributed by atoms with E-state index < -0.39 is 0 Å². The first-order valence-corrected chi connectivity index (χ1v) is 6.22. The SMILES string of the molecule is CC(=O)C1=C(C)NC(C)=C(C(C)=O)[CH]1[AlH2]. The van der Waals surface area contributed by atoms with E-state index in [0.717, 1.165) is 38.8 Å².